The summed E-state index contributed by atoms with van der Waals surface area (Å²) in [5, 5.41) is 1.03. The van der Waals surface area contributed by atoms with E-state index in [1.54, 1.807) is 0 Å². The Balaban J connectivity index is 2.22. The van der Waals surface area contributed by atoms with Gasteiger partial charge >= 0.3 is 0 Å². The molecule has 3 rings (SSSR count). The highest BCUT2D eigenvalue weighted by molar-refractivity contribution is 6.07. The molecule has 0 saturated heterocycles. The van der Waals surface area contributed by atoms with E-state index in [1.165, 1.54) is 0 Å². The molecule has 1 heterocycles. The van der Waals surface area contributed by atoms with Gasteiger partial charge < -0.3 is 10.3 Å². The van der Waals surface area contributed by atoms with E-state index in [1.807, 2.05) is 67.3 Å². The number of primary amides is 1. The number of hydrogen-bond donors (Lipinski definition) is 1. The Bertz CT molecular complexity index is 819. The fourth-order valence-corrected chi connectivity index (χ4v) is 2.76. The topological polar surface area (TPSA) is 51.3 Å². The number of carbonyl (C=O) groups is 1. The van der Waals surface area contributed by atoms with Crippen LogP contribution in [0.15, 0.2) is 54.7 Å². The Kier molecular flexibility index (Phi) is 3.69. The Labute approximate surface area is 129 Å². The van der Waals surface area contributed by atoms with Crippen molar-refractivity contribution in [3.05, 3.63) is 60.3 Å². The number of benzene rings is 2. The van der Waals surface area contributed by atoms with Crippen molar-refractivity contribution in [1.29, 1.82) is 0 Å². The van der Waals surface area contributed by atoms with Gasteiger partial charge in [0, 0.05) is 11.6 Å². The molecule has 4 heteroatoms. The van der Waals surface area contributed by atoms with Crippen LogP contribution in [0.2, 0.25) is 0 Å². The van der Waals surface area contributed by atoms with Crippen LogP contribution in [0, 0.1) is 0 Å². The van der Waals surface area contributed by atoms with Crippen LogP contribution in [0.3, 0.4) is 0 Å². The van der Waals surface area contributed by atoms with Crippen LogP contribution < -0.4 is 5.73 Å². The Hall–Kier alpha value is -2.59. The second kappa shape index (κ2) is 5.66. The average Bonchev–Trinajstić information content (AvgIpc) is 2.89. The average molecular weight is 293 g/mol. The molecule has 3 aromatic rings. The van der Waals surface area contributed by atoms with Gasteiger partial charge in [-0.2, -0.15) is 0 Å². The lowest BCUT2D eigenvalue weighted by atomic mass is 10.00. The molecular weight excluding hydrogens is 274 g/mol. The third-order valence-corrected chi connectivity index (χ3v) is 3.67. The highest BCUT2D eigenvalue weighted by atomic mass is 16.1. The quantitative estimate of drug-likeness (QED) is 0.804. The van der Waals surface area contributed by atoms with Crippen molar-refractivity contribution in [3.8, 4) is 11.1 Å². The van der Waals surface area contributed by atoms with E-state index < -0.39 is 5.91 Å². The van der Waals surface area contributed by atoms with Gasteiger partial charge in [0.25, 0.3) is 5.91 Å². The second-order valence-corrected chi connectivity index (χ2v) is 5.70. The van der Waals surface area contributed by atoms with Crippen molar-refractivity contribution in [3.63, 3.8) is 0 Å². The highest BCUT2D eigenvalue weighted by Gasteiger charge is 2.14. The van der Waals surface area contributed by atoms with Gasteiger partial charge in [-0.1, -0.05) is 30.3 Å². The van der Waals surface area contributed by atoms with Gasteiger partial charge in [-0.15, -0.1) is 0 Å². The molecular formula is C18H19N3O. The van der Waals surface area contributed by atoms with Gasteiger partial charge in [0.1, 0.15) is 0 Å². The Morgan fingerprint density at radius 1 is 1.09 bits per heavy atom. The van der Waals surface area contributed by atoms with Crippen LogP contribution >= 0.6 is 0 Å². The highest BCUT2D eigenvalue weighted by Crippen LogP contribution is 2.28. The third-order valence-electron chi connectivity index (χ3n) is 3.67. The lowest BCUT2D eigenvalue weighted by Gasteiger charge is -2.14. The number of amides is 1. The molecule has 22 heavy (non-hydrogen) atoms. The van der Waals surface area contributed by atoms with E-state index >= 15 is 0 Å². The molecule has 0 aliphatic carbocycles. The normalized spacial score (nSPS) is 11.2. The van der Waals surface area contributed by atoms with Gasteiger partial charge in [-0.25, -0.2) is 0 Å². The standard InChI is InChI=1S/C18H19N3O/c1-20(2)12-21-9-8-14-10-15(13-6-4-3-5-7-13)11-16(17(14)21)18(19)22/h3-11H,12H2,1-2H3,(H2,19,22). The van der Waals surface area contributed by atoms with Crippen LogP contribution in [0.25, 0.3) is 22.0 Å². The molecule has 0 atom stereocenters. The van der Waals surface area contributed by atoms with Gasteiger partial charge in [0.05, 0.1) is 17.7 Å². The summed E-state index contributed by atoms with van der Waals surface area (Å²) in [4.78, 5) is 14.0. The van der Waals surface area contributed by atoms with Crippen LogP contribution in [0.1, 0.15) is 10.4 Å². The minimum atomic E-state index is -0.401. The Morgan fingerprint density at radius 3 is 2.45 bits per heavy atom. The van der Waals surface area contributed by atoms with Crippen LogP contribution in [0.4, 0.5) is 0 Å². The van der Waals surface area contributed by atoms with Crippen molar-refractivity contribution in [2.24, 2.45) is 5.73 Å². The maximum atomic E-state index is 11.9. The number of nitrogens with zero attached hydrogens (tertiary/aromatic N) is 2. The zero-order valence-corrected chi connectivity index (χ0v) is 12.8. The summed E-state index contributed by atoms with van der Waals surface area (Å²) in [6.07, 6.45) is 1.99. The number of nitrogens with two attached hydrogens (primary N) is 1. The molecule has 4 nitrogen and oxygen atoms in total. The lowest BCUT2D eigenvalue weighted by molar-refractivity contribution is 0.100. The first-order valence-electron chi connectivity index (χ1n) is 7.19. The molecule has 0 fully saturated rings. The molecule has 0 saturated carbocycles. The van der Waals surface area contributed by atoms with Gasteiger partial charge in [0.2, 0.25) is 0 Å². The summed E-state index contributed by atoms with van der Waals surface area (Å²) in [6, 6.07) is 16.0. The summed E-state index contributed by atoms with van der Waals surface area (Å²) in [5.74, 6) is -0.401. The van der Waals surface area contributed by atoms with E-state index in [9.17, 15) is 4.79 Å². The van der Waals surface area contributed by atoms with E-state index in [-0.39, 0.29) is 0 Å². The van der Waals surface area contributed by atoms with E-state index in [4.69, 9.17) is 5.73 Å². The molecule has 1 aromatic heterocycles. The summed E-state index contributed by atoms with van der Waals surface area (Å²) in [5.41, 5.74) is 9.15. The monoisotopic (exact) mass is 293 g/mol. The molecule has 0 unspecified atom stereocenters. The molecule has 2 aromatic carbocycles. The molecule has 0 spiro atoms. The molecule has 1 amide bonds. The van der Waals surface area contributed by atoms with Crippen molar-refractivity contribution >= 4 is 16.8 Å². The predicted octanol–water partition coefficient (Wildman–Crippen LogP) is 2.93. The summed E-state index contributed by atoms with van der Waals surface area (Å²) >= 11 is 0. The first-order chi connectivity index (χ1) is 10.6. The number of aromatic nitrogens is 1. The van der Waals surface area contributed by atoms with Crippen molar-refractivity contribution in [1.82, 2.24) is 9.47 Å². The molecule has 112 valence electrons. The largest absolute Gasteiger partial charge is 0.366 e. The Morgan fingerprint density at radius 2 is 1.82 bits per heavy atom. The van der Waals surface area contributed by atoms with Crippen LogP contribution in [-0.2, 0) is 6.67 Å². The molecule has 0 aliphatic heterocycles. The number of hydrogen-bond acceptors (Lipinski definition) is 2. The summed E-state index contributed by atoms with van der Waals surface area (Å²) < 4.78 is 2.05. The van der Waals surface area contributed by atoms with Crippen molar-refractivity contribution in [2.45, 2.75) is 6.67 Å². The van der Waals surface area contributed by atoms with Crippen molar-refractivity contribution < 1.29 is 4.79 Å². The van der Waals surface area contributed by atoms with Gasteiger partial charge in [0.15, 0.2) is 0 Å². The van der Waals surface area contributed by atoms with Gasteiger partial charge in [-0.05, 0) is 43.4 Å². The zero-order chi connectivity index (χ0) is 15.7. The molecule has 0 aliphatic rings. The molecule has 2 N–H and O–H groups in total. The summed E-state index contributed by atoms with van der Waals surface area (Å²) in [7, 11) is 3.99. The third kappa shape index (κ3) is 2.61. The zero-order valence-electron chi connectivity index (χ0n) is 12.8. The fraction of sp³-hybridized carbons (Fsp3) is 0.167. The van der Waals surface area contributed by atoms with E-state index in [0.717, 1.165) is 22.0 Å². The first kappa shape index (κ1) is 14.4. The minimum absolute atomic E-state index is 0.401. The smallest absolute Gasteiger partial charge is 0.250 e. The molecule has 0 bridgehead atoms. The lowest BCUT2D eigenvalue weighted by Crippen LogP contribution is -2.18. The van der Waals surface area contributed by atoms with Gasteiger partial charge in [-0.3, -0.25) is 9.69 Å². The minimum Gasteiger partial charge on any atom is -0.366 e. The SMILES string of the molecule is CN(C)Cn1ccc2cc(-c3ccccc3)cc(C(N)=O)c21. The number of rotatable bonds is 4. The van der Waals surface area contributed by atoms with Crippen LogP contribution in [-0.4, -0.2) is 29.5 Å². The second-order valence-electron chi connectivity index (χ2n) is 5.70. The maximum absolute atomic E-state index is 11.9. The van der Waals surface area contributed by atoms with E-state index in [2.05, 4.69) is 11.0 Å². The summed E-state index contributed by atoms with van der Waals surface area (Å²) in [6.45, 7) is 0.703. The molecule has 0 radical (unpaired) electrons. The fourth-order valence-electron chi connectivity index (χ4n) is 2.76. The number of carbonyl (C=O) groups excluding carboxylic acids is 1. The van der Waals surface area contributed by atoms with Crippen LogP contribution in [0.5, 0.6) is 0 Å². The first-order valence-corrected chi connectivity index (χ1v) is 7.19. The predicted molar refractivity (Wildman–Crippen MR) is 89.6 cm³/mol. The van der Waals surface area contributed by atoms with E-state index in [0.29, 0.717) is 12.2 Å². The number of fused-ring (bicyclic) bond motifs is 1. The van der Waals surface area contributed by atoms with Crippen molar-refractivity contribution in [2.75, 3.05) is 14.1 Å². The maximum Gasteiger partial charge on any atom is 0.250 e.